The number of hydrogen-bond acceptors (Lipinski definition) is 5. The van der Waals surface area contributed by atoms with Crippen molar-refractivity contribution in [2.45, 2.75) is 25.1 Å². The summed E-state index contributed by atoms with van der Waals surface area (Å²) in [6.45, 7) is -2.83. The third-order valence-electron chi connectivity index (χ3n) is 4.31. The lowest BCUT2D eigenvalue weighted by atomic mass is 9.93. The molecule has 0 fully saturated rings. The van der Waals surface area contributed by atoms with Crippen molar-refractivity contribution in [2.75, 3.05) is 5.32 Å². The van der Waals surface area contributed by atoms with Crippen LogP contribution >= 0.6 is 15.9 Å². The Bertz CT molecular complexity index is 885. The SMILES string of the molecule is FC(F)Oc1ccc(C2CC(c3ccc(Br)cc3)n3nnnc3N2)cc1. The Morgan fingerprint density at radius 3 is 2.46 bits per heavy atom. The first-order chi connectivity index (χ1) is 12.6. The molecule has 134 valence electrons. The van der Waals surface area contributed by atoms with Gasteiger partial charge in [0.2, 0.25) is 5.95 Å². The fraction of sp³-hybridized carbons (Fsp3) is 0.235. The molecular formula is C17H14BrF2N5O. The van der Waals surface area contributed by atoms with Crippen molar-refractivity contribution in [1.82, 2.24) is 20.2 Å². The first-order valence-electron chi connectivity index (χ1n) is 7.95. The summed E-state index contributed by atoms with van der Waals surface area (Å²) in [6, 6.07) is 14.6. The first kappa shape index (κ1) is 16.9. The van der Waals surface area contributed by atoms with Gasteiger partial charge in [-0.1, -0.05) is 45.3 Å². The van der Waals surface area contributed by atoms with Gasteiger partial charge in [-0.2, -0.15) is 8.78 Å². The highest BCUT2D eigenvalue weighted by atomic mass is 79.9. The number of fused-ring (bicyclic) bond motifs is 1. The van der Waals surface area contributed by atoms with E-state index in [1.165, 1.54) is 12.1 Å². The van der Waals surface area contributed by atoms with Crippen molar-refractivity contribution in [3.05, 3.63) is 64.1 Å². The molecule has 0 bridgehead atoms. The second-order valence-corrected chi connectivity index (χ2v) is 6.81. The molecule has 2 unspecified atom stereocenters. The Morgan fingerprint density at radius 1 is 1.08 bits per heavy atom. The number of alkyl halides is 2. The number of anilines is 1. The van der Waals surface area contributed by atoms with E-state index in [0.717, 1.165) is 15.6 Å². The maximum absolute atomic E-state index is 12.3. The zero-order valence-corrected chi connectivity index (χ0v) is 15.0. The van der Waals surface area contributed by atoms with Gasteiger partial charge in [-0.3, -0.25) is 0 Å². The maximum atomic E-state index is 12.3. The van der Waals surface area contributed by atoms with E-state index < -0.39 is 6.61 Å². The fourth-order valence-corrected chi connectivity index (χ4v) is 3.36. The van der Waals surface area contributed by atoms with Crippen LogP contribution in [0.25, 0.3) is 0 Å². The van der Waals surface area contributed by atoms with Gasteiger partial charge in [0.1, 0.15) is 5.75 Å². The van der Waals surface area contributed by atoms with Crippen molar-refractivity contribution in [3.8, 4) is 5.75 Å². The van der Waals surface area contributed by atoms with Gasteiger partial charge in [-0.25, -0.2) is 4.68 Å². The highest BCUT2D eigenvalue weighted by molar-refractivity contribution is 9.10. The van der Waals surface area contributed by atoms with Crippen molar-refractivity contribution in [2.24, 2.45) is 0 Å². The summed E-state index contributed by atoms with van der Waals surface area (Å²) in [5.74, 6) is 0.705. The highest BCUT2D eigenvalue weighted by Crippen LogP contribution is 2.37. The standard InChI is InChI=1S/C17H14BrF2N5O/c18-12-5-1-11(2-6-12)15-9-14(21-17-22-23-24-25(15)17)10-3-7-13(8-4-10)26-16(19)20/h1-8,14-16H,9H2,(H,21,22,24). The number of nitrogens with zero attached hydrogens (tertiary/aromatic N) is 4. The van der Waals surface area contributed by atoms with Crippen molar-refractivity contribution >= 4 is 21.9 Å². The molecule has 0 spiro atoms. The van der Waals surface area contributed by atoms with E-state index in [9.17, 15) is 8.78 Å². The molecular weight excluding hydrogens is 408 g/mol. The highest BCUT2D eigenvalue weighted by Gasteiger charge is 2.30. The number of ether oxygens (including phenoxy) is 1. The number of aromatic nitrogens is 4. The summed E-state index contributed by atoms with van der Waals surface area (Å²) in [5.41, 5.74) is 2.04. The fourth-order valence-electron chi connectivity index (χ4n) is 3.10. The summed E-state index contributed by atoms with van der Waals surface area (Å²) in [4.78, 5) is 0. The molecule has 0 aliphatic carbocycles. The zero-order chi connectivity index (χ0) is 18.1. The van der Waals surface area contributed by atoms with Crippen LogP contribution in [0.2, 0.25) is 0 Å². The van der Waals surface area contributed by atoms with Gasteiger partial charge in [0.15, 0.2) is 0 Å². The minimum Gasteiger partial charge on any atom is -0.435 e. The second-order valence-electron chi connectivity index (χ2n) is 5.89. The minimum absolute atomic E-state index is 0.0312. The number of nitrogens with one attached hydrogen (secondary N) is 1. The third-order valence-corrected chi connectivity index (χ3v) is 4.84. The molecule has 6 nitrogen and oxygen atoms in total. The number of halogens is 3. The Kier molecular flexibility index (Phi) is 4.54. The molecule has 1 aliphatic rings. The van der Waals surface area contributed by atoms with E-state index in [1.54, 1.807) is 16.8 Å². The van der Waals surface area contributed by atoms with E-state index in [-0.39, 0.29) is 17.8 Å². The van der Waals surface area contributed by atoms with E-state index in [2.05, 4.69) is 41.5 Å². The number of hydrogen-bond donors (Lipinski definition) is 1. The second kappa shape index (κ2) is 6.99. The summed E-state index contributed by atoms with van der Waals surface area (Å²) in [5, 5.41) is 15.2. The Balaban J connectivity index is 1.62. The van der Waals surface area contributed by atoms with Crippen LogP contribution in [-0.2, 0) is 0 Å². The molecule has 2 heterocycles. The zero-order valence-electron chi connectivity index (χ0n) is 13.4. The molecule has 4 rings (SSSR count). The summed E-state index contributed by atoms with van der Waals surface area (Å²) in [7, 11) is 0. The molecule has 3 aromatic rings. The molecule has 0 amide bonds. The van der Waals surface area contributed by atoms with Crippen LogP contribution in [0.5, 0.6) is 5.75 Å². The van der Waals surface area contributed by atoms with Gasteiger partial charge >= 0.3 is 6.61 Å². The van der Waals surface area contributed by atoms with Gasteiger partial charge in [0.25, 0.3) is 0 Å². The lowest BCUT2D eigenvalue weighted by molar-refractivity contribution is -0.0498. The molecule has 1 aliphatic heterocycles. The Morgan fingerprint density at radius 2 is 1.77 bits per heavy atom. The predicted molar refractivity (Wildman–Crippen MR) is 94.2 cm³/mol. The average Bonchev–Trinajstić information content (AvgIpc) is 3.10. The average molecular weight is 422 g/mol. The summed E-state index contributed by atoms with van der Waals surface area (Å²) < 4.78 is 31.8. The molecule has 9 heteroatoms. The van der Waals surface area contributed by atoms with Crippen LogP contribution in [0.3, 0.4) is 0 Å². The van der Waals surface area contributed by atoms with Crippen LogP contribution in [-0.4, -0.2) is 26.8 Å². The molecule has 0 radical (unpaired) electrons. The van der Waals surface area contributed by atoms with E-state index >= 15 is 0 Å². The Hall–Kier alpha value is -2.55. The van der Waals surface area contributed by atoms with Gasteiger partial charge in [0, 0.05) is 4.47 Å². The molecule has 26 heavy (non-hydrogen) atoms. The van der Waals surface area contributed by atoms with Gasteiger partial charge < -0.3 is 10.1 Å². The molecule has 1 N–H and O–H groups in total. The first-order valence-corrected chi connectivity index (χ1v) is 8.74. The lowest BCUT2D eigenvalue weighted by Gasteiger charge is -2.31. The van der Waals surface area contributed by atoms with Gasteiger partial charge in [-0.05, 0) is 52.2 Å². The monoisotopic (exact) mass is 421 g/mol. The number of rotatable bonds is 4. The van der Waals surface area contributed by atoms with Crippen LogP contribution in [0, 0.1) is 0 Å². The molecule has 0 saturated heterocycles. The molecule has 2 aromatic carbocycles. The quantitative estimate of drug-likeness (QED) is 0.684. The van der Waals surface area contributed by atoms with Gasteiger partial charge in [-0.15, -0.1) is 0 Å². The number of benzene rings is 2. The topological polar surface area (TPSA) is 64.9 Å². The normalized spacial score (nSPS) is 19.1. The largest absolute Gasteiger partial charge is 0.435 e. The smallest absolute Gasteiger partial charge is 0.387 e. The summed E-state index contributed by atoms with van der Waals surface area (Å²) in [6.07, 6.45) is 0.717. The molecule has 1 aromatic heterocycles. The van der Waals surface area contributed by atoms with Crippen molar-refractivity contribution < 1.29 is 13.5 Å². The minimum atomic E-state index is -2.83. The van der Waals surface area contributed by atoms with Crippen molar-refractivity contribution in [3.63, 3.8) is 0 Å². The molecule has 0 saturated carbocycles. The third kappa shape index (κ3) is 3.39. The predicted octanol–water partition coefficient (Wildman–Crippen LogP) is 4.18. The van der Waals surface area contributed by atoms with Crippen LogP contribution in [0.15, 0.2) is 53.0 Å². The van der Waals surface area contributed by atoms with E-state index in [4.69, 9.17) is 0 Å². The van der Waals surface area contributed by atoms with Crippen LogP contribution in [0.4, 0.5) is 14.7 Å². The summed E-state index contributed by atoms with van der Waals surface area (Å²) >= 11 is 3.44. The van der Waals surface area contributed by atoms with E-state index in [0.29, 0.717) is 12.4 Å². The van der Waals surface area contributed by atoms with Crippen molar-refractivity contribution in [1.29, 1.82) is 0 Å². The number of tetrazole rings is 1. The van der Waals surface area contributed by atoms with Crippen LogP contribution in [0.1, 0.15) is 29.6 Å². The van der Waals surface area contributed by atoms with Crippen LogP contribution < -0.4 is 10.1 Å². The molecule has 2 atom stereocenters. The Labute approximate surface area is 156 Å². The van der Waals surface area contributed by atoms with E-state index in [1.807, 2.05) is 24.3 Å². The lowest BCUT2D eigenvalue weighted by Crippen LogP contribution is -2.28. The van der Waals surface area contributed by atoms with Gasteiger partial charge in [0.05, 0.1) is 12.1 Å². The maximum Gasteiger partial charge on any atom is 0.387 e.